The Labute approximate surface area is 87.5 Å². The molecule has 0 spiro atoms. The Hall–Kier alpha value is -1.85. The van der Waals surface area contributed by atoms with Crippen LogP contribution in [0.4, 0.5) is 5.82 Å². The fourth-order valence-electron chi connectivity index (χ4n) is 1.02. The summed E-state index contributed by atoms with van der Waals surface area (Å²) in [5.74, 6) is -0.0447. The van der Waals surface area contributed by atoms with Crippen LogP contribution in [-0.4, -0.2) is 41.2 Å². The highest BCUT2D eigenvalue weighted by molar-refractivity contribution is 5.72. The van der Waals surface area contributed by atoms with Gasteiger partial charge in [0.2, 0.25) is 5.88 Å². The SMILES string of the molecule is CCOc1cncc(N(C)CC(=O)O)n1. The zero-order valence-electron chi connectivity index (χ0n) is 8.67. The first-order valence-corrected chi connectivity index (χ1v) is 4.51. The van der Waals surface area contributed by atoms with Gasteiger partial charge in [0.1, 0.15) is 6.54 Å². The van der Waals surface area contributed by atoms with Crippen LogP contribution in [0.2, 0.25) is 0 Å². The second kappa shape index (κ2) is 5.14. The van der Waals surface area contributed by atoms with Gasteiger partial charge in [-0.15, -0.1) is 0 Å². The smallest absolute Gasteiger partial charge is 0.323 e. The number of nitrogens with zero attached hydrogens (tertiary/aromatic N) is 3. The van der Waals surface area contributed by atoms with Crippen molar-refractivity contribution in [3.63, 3.8) is 0 Å². The molecule has 0 unspecified atom stereocenters. The Morgan fingerprint density at radius 3 is 2.93 bits per heavy atom. The van der Waals surface area contributed by atoms with Crippen molar-refractivity contribution in [3.05, 3.63) is 12.4 Å². The van der Waals surface area contributed by atoms with Crippen molar-refractivity contribution in [1.82, 2.24) is 9.97 Å². The van der Waals surface area contributed by atoms with Gasteiger partial charge in [0.25, 0.3) is 0 Å². The zero-order valence-corrected chi connectivity index (χ0v) is 8.67. The average Bonchev–Trinajstić information content (AvgIpc) is 2.17. The number of anilines is 1. The Kier molecular flexibility index (Phi) is 3.84. The van der Waals surface area contributed by atoms with Crippen LogP contribution in [0, 0.1) is 0 Å². The van der Waals surface area contributed by atoms with Crippen molar-refractivity contribution in [2.75, 3.05) is 25.1 Å². The number of carboxylic acids is 1. The molecular formula is C9H13N3O3. The fraction of sp³-hybridized carbons (Fsp3) is 0.444. The monoisotopic (exact) mass is 211 g/mol. The number of aromatic nitrogens is 2. The van der Waals surface area contributed by atoms with Gasteiger partial charge in [-0.2, -0.15) is 4.98 Å². The first kappa shape index (κ1) is 11.2. The molecule has 0 fully saturated rings. The Morgan fingerprint density at radius 2 is 2.33 bits per heavy atom. The zero-order chi connectivity index (χ0) is 11.3. The van der Waals surface area contributed by atoms with Crippen LogP contribution in [0.15, 0.2) is 12.4 Å². The van der Waals surface area contributed by atoms with E-state index in [0.29, 0.717) is 18.3 Å². The summed E-state index contributed by atoms with van der Waals surface area (Å²) in [6.07, 6.45) is 2.98. The van der Waals surface area contributed by atoms with E-state index in [2.05, 4.69) is 9.97 Å². The van der Waals surface area contributed by atoms with E-state index in [1.165, 1.54) is 17.3 Å². The summed E-state index contributed by atoms with van der Waals surface area (Å²) in [6, 6.07) is 0. The predicted molar refractivity (Wildman–Crippen MR) is 54.1 cm³/mol. The molecule has 1 rings (SSSR count). The summed E-state index contributed by atoms with van der Waals surface area (Å²) in [6.45, 7) is 2.22. The molecule has 6 nitrogen and oxygen atoms in total. The van der Waals surface area contributed by atoms with Gasteiger partial charge in [-0.1, -0.05) is 0 Å². The highest BCUT2D eigenvalue weighted by Gasteiger charge is 2.08. The lowest BCUT2D eigenvalue weighted by molar-refractivity contribution is -0.135. The standard InChI is InChI=1S/C9H13N3O3/c1-3-15-8-5-10-4-7(11-8)12(2)6-9(13)14/h4-5H,3,6H2,1-2H3,(H,13,14). The van der Waals surface area contributed by atoms with Gasteiger partial charge >= 0.3 is 5.97 Å². The highest BCUT2D eigenvalue weighted by Crippen LogP contribution is 2.11. The predicted octanol–water partition coefficient (Wildman–Crippen LogP) is 0.396. The number of hydrogen-bond acceptors (Lipinski definition) is 5. The minimum absolute atomic E-state index is 0.121. The van der Waals surface area contributed by atoms with Crippen molar-refractivity contribution in [2.45, 2.75) is 6.92 Å². The Bertz CT molecular complexity index is 343. The average molecular weight is 211 g/mol. The van der Waals surface area contributed by atoms with Gasteiger partial charge in [0.05, 0.1) is 19.0 Å². The van der Waals surface area contributed by atoms with Gasteiger partial charge in [-0.25, -0.2) is 0 Å². The van der Waals surface area contributed by atoms with Gasteiger partial charge in [0, 0.05) is 7.05 Å². The van der Waals surface area contributed by atoms with E-state index in [1.54, 1.807) is 7.05 Å². The number of rotatable bonds is 5. The van der Waals surface area contributed by atoms with Crippen LogP contribution in [0.3, 0.4) is 0 Å². The number of likely N-dealkylation sites (N-methyl/N-ethyl adjacent to an activating group) is 1. The van der Waals surface area contributed by atoms with Gasteiger partial charge in [-0.05, 0) is 6.92 Å². The van der Waals surface area contributed by atoms with E-state index in [1.807, 2.05) is 6.92 Å². The summed E-state index contributed by atoms with van der Waals surface area (Å²) in [5, 5.41) is 8.60. The molecule has 0 atom stereocenters. The molecule has 6 heteroatoms. The number of hydrogen-bond donors (Lipinski definition) is 1. The lowest BCUT2D eigenvalue weighted by Gasteiger charge is -2.15. The third-order valence-corrected chi connectivity index (χ3v) is 1.66. The van der Waals surface area contributed by atoms with Crippen LogP contribution in [-0.2, 0) is 4.79 Å². The van der Waals surface area contributed by atoms with Crippen LogP contribution in [0.1, 0.15) is 6.92 Å². The molecule has 82 valence electrons. The second-order valence-corrected chi connectivity index (χ2v) is 2.90. The number of carbonyl (C=O) groups is 1. The van der Waals surface area contributed by atoms with E-state index < -0.39 is 5.97 Å². The summed E-state index contributed by atoms with van der Waals surface area (Å²) >= 11 is 0. The number of carboxylic acid groups (broad SMARTS) is 1. The van der Waals surface area contributed by atoms with Crippen molar-refractivity contribution < 1.29 is 14.6 Å². The number of aliphatic carboxylic acids is 1. The maximum Gasteiger partial charge on any atom is 0.323 e. The molecule has 15 heavy (non-hydrogen) atoms. The minimum Gasteiger partial charge on any atom is -0.480 e. The molecule has 1 aromatic heterocycles. The maximum atomic E-state index is 10.5. The minimum atomic E-state index is -0.916. The third kappa shape index (κ3) is 3.41. The molecule has 0 bridgehead atoms. The summed E-state index contributed by atoms with van der Waals surface area (Å²) in [4.78, 5) is 20.0. The largest absolute Gasteiger partial charge is 0.480 e. The first-order chi connectivity index (χ1) is 7.13. The number of ether oxygens (including phenoxy) is 1. The van der Waals surface area contributed by atoms with Crippen molar-refractivity contribution in [1.29, 1.82) is 0 Å². The molecular weight excluding hydrogens is 198 g/mol. The maximum absolute atomic E-state index is 10.5. The lowest BCUT2D eigenvalue weighted by Crippen LogP contribution is -2.26. The summed E-state index contributed by atoms with van der Waals surface area (Å²) < 4.78 is 5.15. The molecule has 0 aliphatic carbocycles. The first-order valence-electron chi connectivity index (χ1n) is 4.51. The van der Waals surface area contributed by atoms with Crippen LogP contribution in [0.5, 0.6) is 5.88 Å². The van der Waals surface area contributed by atoms with Gasteiger partial charge in [0.15, 0.2) is 5.82 Å². The molecule has 0 aliphatic heterocycles. The van der Waals surface area contributed by atoms with E-state index in [0.717, 1.165) is 0 Å². The van der Waals surface area contributed by atoms with Crippen molar-refractivity contribution in [3.8, 4) is 5.88 Å². The van der Waals surface area contributed by atoms with Crippen LogP contribution in [0.25, 0.3) is 0 Å². The lowest BCUT2D eigenvalue weighted by atomic mass is 10.5. The normalized spacial score (nSPS) is 9.73. The van der Waals surface area contributed by atoms with E-state index in [-0.39, 0.29) is 6.54 Å². The fourth-order valence-corrected chi connectivity index (χ4v) is 1.02. The molecule has 1 N–H and O–H groups in total. The third-order valence-electron chi connectivity index (χ3n) is 1.66. The van der Waals surface area contributed by atoms with Crippen LogP contribution >= 0.6 is 0 Å². The Balaban J connectivity index is 2.75. The van der Waals surface area contributed by atoms with Crippen LogP contribution < -0.4 is 9.64 Å². The van der Waals surface area contributed by atoms with Gasteiger partial charge in [-0.3, -0.25) is 9.78 Å². The molecule has 0 saturated heterocycles. The van der Waals surface area contributed by atoms with E-state index in [9.17, 15) is 4.79 Å². The summed E-state index contributed by atoms with van der Waals surface area (Å²) in [7, 11) is 1.63. The highest BCUT2D eigenvalue weighted by atomic mass is 16.5. The Morgan fingerprint density at radius 1 is 1.60 bits per heavy atom. The van der Waals surface area contributed by atoms with E-state index in [4.69, 9.17) is 9.84 Å². The molecule has 1 heterocycles. The second-order valence-electron chi connectivity index (χ2n) is 2.90. The molecule has 0 radical (unpaired) electrons. The van der Waals surface area contributed by atoms with Crippen molar-refractivity contribution >= 4 is 11.8 Å². The molecule has 0 amide bonds. The molecule has 0 aliphatic rings. The molecule has 0 aromatic carbocycles. The van der Waals surface area contributed by atoms with Gasteiger partial charge < -0.3 is 14.7 Å². The van der Waals surface area contributed by atoms with E-state index >= 15 is 0 Å². The quantitative estimate of drug-likeness (QED) is 0.759. The molecule has 0 saturated carbocycles. The molecule has 1 aromatic rings. The summed E-state index contributed by atoms with van der Waals surface area (Å²) in [5.41, 5.74) is 0. The topological polar surface area (TPSA) is 75.5 Å². The van der Waals surface area contributed by atoms with Crippen molar-refractivity contribution in [2.24, 2.45) is 0 Å².